The number of sulfone groups is 1. The van der Waals surface area contributed by atoms with E-state index in [1.54, 1.807) is 54.4 Å². The van der Waals surface area contributed by atoms with Gasteiger partial charge < -0.3 is 39.9 Å². The summed E-state index contributed by atoms with van der Waals surface area (Å²) in [7, 11) is -1.04. The molecule has 0 unspecified atom stereocenters. The highest BCUT2D eigenvalue weighted by atomic mass is 32.2. The van der Waals surface area contributed by atoms with Gasteiger partial charge in [-0.15, -0.1) is 0 Å². The molecular formula is C48H56F2N8O8S. The molecule has 3 aliphatic rings. The number of alkyl halides is 2. The van der Waals surface area contributed by atoms with Gasteiger partial charge in [-0.25, -0.2) is 28.0 Å². The molecule has 4 N–H and O–H groups in total. The molecule has 3 heterocycles. The van der Waals surface area contributed by atoms with Crippen molar-refractivity contribution in [3.8, 4) is 33.5 Å². The summed E-state index contributed by atoms with van der Waals surface area (Å²) in [6, 6.07) is 12.5. The summed E-state index contributed by atoms with van der Waals surface area (Å²) >= 11 is 0. The zero-order valence-corrected chi connectivity index (χ0v) is 39.4. The zero-order valence-electron chi connectivity index (χ0n) is 38.5. The Labute approximate surface area is 387 Å². The number of H-pyrrole nitrogens is 2. The molecule has 5 aromatic rings. The quantitative estimate of drug-likeness (QED) is 0.0807. The fraction of sp³-hybridized carbons (Fsp3) is 0.458. The SMILES string of the molecule is CC[C@@H](c1nc2ccc(-c3ccc4c(c3)C(F)(F)c3cc(-c5c[nH]c([C@@H]6CC7(CC7)CN6C(=O)[C@@H](NC(=O)OC)C(C)C)n5)ccc3-4)cc2[nH]1)N(CC)C(=O)[C@H](CCS(C)(=O)=O)NC(=O)OC. The van der Waals surface area contributed by atoms with Crippen molar-refractivity contribution in [2.24, 2.45) is 11.3 Å². The Morgan fingerprint density at radius 1 is 0.910 bits per heavy atom. The fourth-order valence-electron chi connectivity index (χ4n) is 9.61. The van der Waals surface area contributed by atoms with Crippen LogP contribution in [0.2, 0.25) is 0 Å². The molecule has 2 aromatic heterocycles. The predicted molar refractivity (Wildman–Crippen MR) is 247 cm³/mol. The molecule has 0 radical (unpaired) electrons. The smallest absolute Gasteiger partial charge is 0.407 e. The number of nitrogens with zero attached hydrogens (tertiary/aromatic N) is 4. The van der Waals surface area contributed by atoms with E-state index in [0.29, 0.717) is 75.6 Å². The normalized spacial score (nSPS) is 18.0. The van der Waals surface area contributed by atoms with Crippen molar-refractivity contribution in [2.75, 3.05) is 39.3 Å². The molecule has 4 amide bonds. The van der Waals surface area contributed by atoms with Crippen molar-refractivity contribution < 1.29 is 45.9 Å². The minimum Gasteiger partial charge on any atom is -0.453 e. The first kappa shape index (κ1) is 47.1. The van der Waals surface area contributed by atoms with Crippen molar-refractivity contribution in [1.29, 1.82) is 0 Å². The predicted octanol–water partition coefficient (Wildman–Crippen LogP) is 7.63. The average Bonchev–Trinajstić information content (AvgIpc) is 3.62. The van der Waals surface area contributed by atoms with Crippen molar-refractivity contribution in [3.05, 3.63) is 83.6 Å². The number of imidazole rings is 2. The van der Waals surface area contributed by atoms with E-state index >= 15 is 8.78 Å². The number of likely N-dealkylation sites (tertiary alicyclic amines) is 1. The Morgan fingerprint density at radius 2 is 1.54 bits per heavy atom. The Balaban J connectivity index is 1.02. The number of carbonyl (C=O) groups excluding carboxylic acids is 4. The molecule has 356 valence electrons. The summed E-state index contributed by atoms with van der Waals surface area (Å²) in [5.74, 6) is -3.55. The molecule has 2 aliphatic carbocycles. The van der Waals surface area contributed by atoms with Gasteiger partial charge in [-0.05, 0) is 96.9 Å². The number of aromatic amines is 2. The number of methoxy groups -OCH3 is 2. The molecule has 8 rings (SSSR count). The highest BCUT2D eigenvalue weighted by Gasteiger charge is 2.55. The maximum Gasteiger partial charge on any atom is 0.407 e. The van der Waals surface area contributed by atoms with E-state index in [2.05, 4.69) is 20.6 Å². The highest BCUT2D eigenvalue weighted by molar-refractivity contribution is 7.90. The van der Waals surface area contributed by atoms with E-state index in [4.69, 9.17) is 19.4 Å². The second kappa shape index (κ2) is 18.0. The van der Waals surface area contributed by atoms with Crippen molar-refractivity contribution in [1.82, 2.24) is 40.4 Å². The third kappa shape index (κ3) is 9.21. The van der Waals surface area contributed by atoms with Crippen LogP contribution in [0.5, 0.6) is 0 Å². The lowest BCUT2D eigenvalue weighted by Crippen LogP contribution is -2.51. The first-order valence-corrected chi connectivity index (χ1v) is 24.6. The first-order chi connectivity index (χ1) is 31.8. The lowest BCUT2D eigenvalue weighted by Gasteiger charge is -2.32. The van der Waals surface area contributed by atoms with Gasteiger partial charge in [0.1, 0.15) is 33.6 Å². The van der Waals surface area contributed by atoms with Gasteiger partial charge in [-0.3, -0.25) is 9.59 Å². The van der Waals surface area contributed by atoms with E-state index in [-0.39, 0.29) is 53.1 Å². The zero-order chi connectivity index (χ0) is 48.2. The summed E-state index contributed by atoms with van der Waals surface area (Å²) in [5, 5.41) is 5.17. The van der Waals surface area contributed by atoms with E-state index in [9.17, 15) is 27.6 Å². The number of alkyl carbamates (subject to hydrolysis) is 2. The highest BCUT2D eigenvalue weighted by Crippen LogP contribution is 2.58. The van der Waals surface area contributed by atoms with Crippen molar-refractivity contribution in [2.45, 2.75) is 89.9 Å². The number of ether oxygens (including phenoxy) is 2. The maximum atomic E-state index is 16.7. The summed E-state index contributed by atoms with van der Waals surface area (Å²) in [4.78, 5) is 71.7. The molecule has 1 spiro atoms. The minimum absolute atomic E-state index is 0.00796. The minimum atomic E-state index is -3.45. The van der Waals surface area contributed by atoms with Gasteiger partial charge >= 0.3 is 12.2 Å². The Morgan fingerprint density at radius 3 is 2.15 bits per heavy atom. The molecule has 67 heavy (non-hydrogen) atoms. The van der Waals surface area contributed by atoms with E-state index in [1.807, 2.05) is 26.8 Å². The maximum absolute atomic E-state index is 16.7. The number of fused-ring (bicyclic) bond motifs is 4. The second-order valence-corrected chi connectivity index (χ2v) is 20.6. The Hall–Kier alpha value is -6.37. The van der Waals surface area contributed by atoms with Crippen LogP contribution in [0.4, 0.5) is 18.4 Å². The number of aromatic nitrogens is 4. The van der Waals surface area contributed by atoms with Gasteiger partial charge in [0, 0.05) is 42.2 Å². The molecule has 16 nitrogen and oxygen atoms in total. The molecular weight excluding hydrogens is 887 g/mol. The van der Waals surface area contributed by atoms with Crippen molar-refractivity contribution in [3.63, 3.8) is 0 Å². The van der Waals surface area contributed by atoms with E-state index in [0.717, 1.165) is 26.2 Å². The number of hydrogen-bond acceptors (Lipinski definition) is 10. The number of likely N-dealkylation sites (N-methyl/N-ethyl adjacent to an activating group) is 1. The first-order valence-electron chi connectivity index (χ1n) is 22.5. The fourth-order valence-corrected chi connectivity index (χ4v) is 10.3. The van der Waals surface area contributed by atoms with Crippen LogP contribution in [0.1, 0.15) is 94.7 Å². The van der Waals surface area contributed by atoms with E-state index in [1.165, 1.54) is 24.1 Å². The monoisotopic (exact) mass is 942 g/mol. The molecule has 4 atom stereocenters. The van der Waals surface area contributed by atoms with E-state index < -0.39 is 52.0 Å². The van der Waals surface area contributed by atoms with Gasteiger partial charge in [0.25, 0.3) is 5.92 Å². The van der Waals surface area contributed by atoms with Gasteiger partial charge in [-0.2, -0.15) is 8.78 Å². The van der Waals surface area contributed by atoms with Crippen LogP contribution in [-0.2, 0) is 34.8 Å². The summed E-state index contributed by atoms with van der Waals surface area (Å²) in [6.45, 7) is 8.14. The van der Waals surface area contributed by atoms with Crippen LogP contribution in [0, 0.1) is 11.3 Å². The number of carbonyl (C=O) groups is 4. The van der Waals surface area contributed by atoms with Crippen LogP contribution in [0.25, 0.3) is 44.5 Å². The van der Waals surface area contributed by atoms with Crippen LogP contribution in [0.15, 0.2) is 60.8 Å². The van der Waals surface area contributed by atoms with Crippen LogP contribution in [-0.4, -0.2) is 114 Å². The second-order valence-electron chi connectivity index (χ2n) is 18.3. The number of hydrogen-bond donors (Lipinski definition) is 4. The number of halogens is 2. The number of rotatable bonds is 15. The van der Waals surface area contributed by atoms with Crippen LogP contribution in [0.3, 0.4) is 0 Å². The standard InChI is InChI=1S/C48H56F2N8O8S/c1-8-38(57(9-2)43(59)35(55-45(61)65-5)16-19-67(7,63)64)42-52-34-15-12-28(22-36(34)53-42)27-10-13-30-31-14-11-29(21-33(31)48(49,50)32(30)20-27)37-24-51-41(54-37)39-23-47(17-18-47)25-58(39)44(60)40(26(3)4)56-46(62)66-6/h10-15,20-22,24,26,35,38-40H,8-9,16-19,23,25H2,1-7H3,(H,51,54)(H,52,53)(H,55,61)(H,56,62)/t35-,38-,39-,40-/m0/s1. The number of amides is 4. The van der Waals surface area contributed by atoms with Gasteiger partial charge in [0.05, 0.1) is 48.8 Å². The summed E-state index contributed by atoms with van der Waals surface area (Å²) in [6.07, 6.45) is 4.15. The molecule has 1 saturated heterocycles. The average molecular weight is 943 g/mol. The lowest BCUT2D eigenvalue weighted by molar-refractivity contribution is -0.136. The van der Waals surface area contributed by atoms with Crippen molar-refractivity contribution >= 4 is 44.9 Å². The molecule has 19 heteroatoms. The van der Waals surface area contributed by atoms with Gasteiger partial charge in [-0.1, -0.05) is 51.1 Å². The summed E-state index contributed by atoms with van der Waals surface area (Å²) in [5.41, 5.74) is 3.95. The topological polar surface area (TPSA) is 209 Å². The van der Waals surface area contributed by atoms with Crippen LogP contribution >= 0.6 is 0 Å². The van der Waals surface area contributed by atoms with Crippen LogP contribution < -0.4 is 10.6 Å². The molecule has 2 fully saturated rings. The third-order valence-corrected chi connectivity index (χ3v) is 14.4. The summed E-state index contributed by atoms with van der Waals surface area (Å²) < 4.78 is 66.8. The van der Waals surface area contributed by atoms with Gasteiger partial charge in [0.15, 0.2) is 0 Å². The lowest BCUT2D eigenvalue weighted by atomic mass is 9.98. The molecule has 3 aromatic carbocycles. The van der Waals surface area contributed by atoms with Gasteiger partial charge in [0.2, 0.25) is 11.8 Å². The number of benzene rings is 3. The molecule has 1 saturated carbocycles. The Bertz CT molecular complexity index is 2860. The third-order valence-electron chi connectivity index (χ3n) is 13.4. The number of nitrogens with one attached hydrogen (secondary N) is 4. The molecule has 0 bridgehead atoms. The molecule has 1 aliphatic heterocycles. The Kier molecular flexibility index (Phi) is 12.7. The largest absolute Gasteiger partial charge is 0.453 e.